The third-order valence-corrected chi connectivity index (χ3v) is 3.68. The van der Waals surface area contributed by atoms with Crippen LogP contribution in [0.3, 0.4) is 0 Å². The van der Waals surface area contributed by atoms with Crippen LogP contribution in [0.2, 0.25) is 0 Å². The van der Waals surface area contributed by atoms with Crippen LogP contribution in [0.25, 0.3) is 0 Å². The highest BCUT2D eigenvalue weighted by atomic mass is 16.5. The lowest BCUT2D eigenvalue weighted by atomic mass is 9.80. The van der Waals surface area contributed by atoms with Crippen LogP contribution >= 0.6 is 0 Å². The number of carbonyl (C=O) groups is 1. The van der Waals surface area contributed by atoms with Crippen molar-refractivity contribution in [2.75, 3.05) is 25.1 Å². The molecule has 0 radical (unpaired) electrons. The van der Waals surface area contributed by atoms with E-state index in [0.717, 1.165) is 18.8 Å². The van der Waals surface area contributed by atoms with Crippen LogP contribution in [0.15, 0.2) is 18.3 Å². The van der Waals surface area contributed by atoms with Crippen LogP contribution in [0, 0.1) is 5.41 Å². The van der Waals surface area contributed by atoms with Gasteiger partial charge in [-0.2, -0.15) is 0 Å². The Labute approximate surface area is 106 Å². The monoisotopic (exact) mass is 250 g/mol. The zero-order chi connectivity index (χ0) is 13.2. The van der Waals surface area contributed by atoms with Gasteiger partial charge in [0.15, 0.2) is 0 Å². The highest BCUT2D eigenvalue weighted by Gasteiger charge is 2.36. The predicted molar refractivity (Wildman–Crippen MR) is 68.0 cm³/mol. The lowest BCUT2D eigenvalue weighted by Gasteiger charge is -2.37. The maximum Gasteiger partial charge on any atom is 0.309 e. The van der Waals surface area contributed by atoms with Crippen LogP contribution in [0.1, 0.15) is 19.8 Å². The van der Waals surface area contributed by atoms with Gasteiger partial charge in [0.2, 0.25) is 5.88 Å². The minimum atomic E-state index is -0.700. The normalized spacial score (nSPS) is 18.4. The molecule has 2 heterocycles. The molecule has 1 aliphatic rings. The van der Waals surface area contributed by atoms with Crippen molar-refractivity contribution in [1.82, 2.24) is 4.98 Å². The number of aliphatic carboxylic acids is 1. The number of methoxy groups -OCH3 is 1. The van der Waals surface area contributed by atoms with Crippen molar-refractivity contribution in [3.8, 4) is 5.88 Å². The number of rotatable bonds is 3. The standard InChI is InChI=1S/C13H18N2O3/c1-13(12(16)17)4-7-15(8-5-13)10-3-6-14-11(9-10)18-2/h3,6,9H,4-5,7-8H2,1-2H3,(H,16,17). The van der Waals surface area contributed by atoms with E-state index in [4.69, 9.17) is 4.74 Å². The number of anilines is 1. The molecule has 1 fully saturated rings. The fraction of sp³-hybridized carbons (Fsp3) is 0.538. The van der Waals surface area contributed by atoms with Gasteiger partial charge in [0.1, 0.15) is 0 Å². The fourth-order valence-electron chi connectivity index (χ4n) is 2.18. The van der Waals surface area contributed by atoms with E-state index in [0.29, 0.717) is 18.7 Å². The predicted octanol–water partition coefficient (Wildman–Crippen LogP) is 1.78. The summed E-state index contributed by atoms with van der Waals surface area (Å²) >= 11 is 0. The second-order valence-corrected chi connectivity index (χ2v) is 4.91. The van der Waals surface area contributed by atoms with Crippen LogP contribution in [0.4, 0.5) is 5.69 Å². The number of carboxylic acids is 1. The molecule has 0 atom stereocenters. The number of aromatic nitrogens is 1. The first-order valence-electron chi connectivity index (χ1n) is 6.03. The van der Waals surface area contributed by atoms with Crippen molar-refractivity contribution < 1.29 is 14.6 Å². The van der Waals surface area contributed by atoms with Gasteiger partial charge in [-0.15, -0.1) is 0 Å². The molecule has 1 aliphatic heterocycles. The lowest BCUT2D eigenvalue weighted by molar-refractivity contribution is -0.149. The van der Waals surface area contributed by atoms with E-state index in [1.54, 1.807) is 13.3 Å². The van der Waals surface area contributed by atoms with Gasteiger partial charge in [-0.25, -0.2) is 4.98 Å². The maximum atomic E-state index is 11.2. The largest absolute Gasteiger partial charge is 0.481 e. The van der Waals surface area contributed by atoms with Gasteiger partial charge in [-0.3, -0.25) is 4.79 Å². The quantitative estimate of drug-likeness (QED) is 0.886. The average Bonchev–Trinajstić information content (AvgIpc) is 2.39. The van der Waals surface area contributed by atoms with E-state index in [1.165, 1.54) is 0 Å². The van der Waals surface area contributed by atoms with E-state index in [-0.39, 0.29) is 0 Å². The third kappa shape index (κ3) is 2.39. The number of hydrogen-bond donors (Lipinski definition) is 1. The summed E-state index contributed by atoms with van der Waals surface area (Å²) in [5.74, 6) is -0.117. The average molecular weight is 250 g/mol. The number of pyridine rings is 1. The molecule has 1 aromatic rings. The van der Waals surface area contributed by atoms with Crippen LogP contribution < -0.4 is 9.64 Å². The van der Waals surface area contributed by atoms with Gasteiger partial charge >= 0.3 is 5.97 Å². The Morgan fingerprint density at radius 1 is 1.50 bits per heavy atom. The molecule has 0 aliphatic carbocycles. The third-order valence-electron chi connectivity index (χ3n) is 3.68. The summed E-state index contributed by atoms with van der Waals surface area (Å²) in [7, 11) is 1.59. The summed E-state index contributed by atoms with van der Waals surface area (Å²) in [5, 5.41) is 9.19. The summed E-state index contributed by atoms with van der Waals surface area (Å²) in [6.07, 6.45) is 3.03. The molecule has 5 heteroatoms. The molecule has 0 unspecified atom stereocenters. The van der Waals surface area contributed by atoms with E-state index in [2.05, 4.69) is 9.88 Å². The fourth-order valence-corrected chi connectivity index (χ4v) is 2.18. The first-order chi connectivity index (χ1) is 8.55. The Kier molecular flexibility index (Phi) is 3.41. The molecule has 98 valence electrons. The molecule has 0 spiro atoms. The number of carboxylic acid groups (broad SMARTS) is 1. The van der Waals surface area contributed by atoms with Crippen molar-refractivity contribution in [2.24, 2.45) is 5.41 Å². The second-order valence-electron chi connectivity index (χ2n) is 4.91. The topological polar surface area (TPSA) is 62.7 Å². The molecule has 0 saturated carbocycles. The van der Waals surface area contributed by atoms with Gasteiger partial charge in [0.25, 0.3) is 0 Å². The Bertz CT molecular complexity index is 440. The summed E-state index contributed by atoms with van der Waals surface area (Å²) < 4.78 is 5.09. The Balaban J connectivity index is 2.07. The van der Waals surface area contributed by atoms with E-state index >= 15 is 0 Å². The van der Waals surface area contributed by atoms with E-state index in [1.807, 2.05) is 19.1 Å². The molecule has 5 nitrogen and oxygen atoms in total. The van der Waals surface area contributed by atoms with Gasteiger partial charge in [-0.05, 0) is 25.8 Å². The first-order valence-corrected chi connectivity index (χ1v) is 6.03. The Hall–Kier alpha value is -1.78. The van der Waals surface area contributed by atoms with Gasteiger partial charge in [0, 0.05) is 31.0 Å². The Morgan fingerprint density at radius 2 is 2.17 bits per heavy atom. The maximum absolute atomic E-state index is 11.2. The molecule has 0 aromatic carbocycles. The first kappa shape index (κ1) is 12.7. The zero-order valence-electron chi connectivity index (χ0n) is 10.7. The highest BCUT2D eigenvalue weighted by Crippen LogP contribution is 2.33. The SMILES string of the molecule is COc1cc(N2CCC(C)(C(=O)O)CC2)ccn1. The van der Waals surface area contributed by atoms with Crippen molar-refractivity contribution in [2.45, 2.75) is 19.8 Å². The molecule has 0 bridgehead atoms. The van der Waals surface area contributed by atoms with Crippen LogP contribution in [-0.2, 0) is 4.79 Å². The van der Waals surface area contributed by atoms with Gasteiger partial charge < -0.3 is 14.7 Å². The summed E-state index contributed by atoms with van der Waals surface area (Å²) in [6, 6.07) is 3.80. The van der Waals surface area contributed by atoms with Gasteiger partial charge in [0.05, 0.1) is 12.5 Å². The molecule has 1 N–H and O–H groups in total. The number of piperidine rings is 1. The molecule has 1 aromatic heterocycles. The zero-order valence-corrected chi connectivity index (χ0v) is 10.7. The summed E-state index contributed by atoms with van der Waals surface area (Å²) in [5.41, 5.74) is 0.447. The van der Waals surface area contributed by atoms with Crippen molar-refractivity contribution in [1.29, 1.82) is 0 Å². The molecular formula is C13H18N2O3. The van der Waals surface area contributed by atoms with Crippen LogP contribution in [0.5, 0.6) is 5.88 Å². The van der Waals surface area contributed by atoms with E-state index < -0.39 is 11.4 Å². The van der Waals surface area contributed by atoms with Crippen LogP contribution in [-0.4, -0.2) is 36.3 Å². The van der Waals surface area contributed by atoms with Crippen molar-refractivity contribution >= 4 is 11.7 Å². The molecule has 2 rings (SSSR count). The van der Waals surface area contributed by atoms with E-state index in [9.17, 15) is 9.90 Å². The lowest BCUT2D eigenvalue weighted by Crippen LogP contribution is -2.42. The second kappa shape index (κ2) is 4.84. The number of nitrogens with zero attached hydrogens (tertiary/aromatic N) is 2. The van der Waals surface area contributed by atoms with Crippen molar-refractivity contribution in [3.05, 3.63) is 18.3 Å². The van der Waals surface area contributed by atoms with Crippen molar-refractivity contribution in [3.63, 3.8) is 0 Å². The Morgan fingerprint density at radius 3 is 2.72 bits per heavy atom. The molecular weight excluding hydrogens is 232 g/mol. The molecule has 0 amide bonds. The summed E-state index contributed by atoms with van der Waals surface area (Å²) in [4.78, 5) is 17.4. The molecule has 18 heavy (non-hydrogen) atoms. The minimum Gasteiger partial charge on any atom is -0.481 e. The summed E-state index contributed by atoms with van der Waals surface area (Å²) in [6.45, 7) is 3.31. The van der Waals surface area contributed by atoms with Gasteiger partial charge in [-0.1, -0.05) is 0 Å². The smallest absolute Gasteiger partial charge is 0.309 e. The minimum absolute atomic E-state index is 0.582. The highest BCUT2D eigenvalue weighted by molar-refractivity contribution is 5.74. The molecule has 1 saturated heterocycles. The number of ether oxygens (including phenoxy) is 1. The number of hydrogen-bond acceptors (Lipinski definition) is 4.